The van der Waals surface area contributed by atoms with Gasteiger partial charge in [-0.05, 0) is 25.5 Å². The van der Waals surface area contributed by atoms with Gasteiger partial charge in [-0.3, -0.25) is 9.56 Å². The van der Waals surface area contributed by atoms with E-state index in [4.69, 9.17) is 0 Å². The van der Waals surface area contributed by atoms with Crippen molar-refractivity contribution in [2.45, 2.75) is 33.0 Å². The van der Waals surface area contributed by atoms with E-state index >= 15 is 0 Å². The lowest BCUT2D eigenvalue weighted by Crippen LogP contribution is -2.38. The molecule has 2 heterocycles. The molecule has 152 valence electrons. The maximum atomic E-state index is 12.8. The molecule has 0 spiro atoms. The van der Waals surface area contributed by atoms with Crippen molar-refractivity contribution in [2.24, 2.45) is 4.99 Å². The van der Waals surface area contributed by atoms with E-state index in [0.29, 0.717) is 12.5 Å². The van der Waals surface area contributed by atoms with Crippen molar-refractivity contribution >= 4 is 41.0 Å². The molecule has 10 heteroatoms. The first-order valence-corrected chi connectivity index (χ1v) is 8.76. The Morgan fingerprint density at radius 3 is 2.79 bits per heavy atom. The maximum absolute atomic E-state index is 12.8. The van der Waals surface area contributed by atoms with Gasteiger partial charge >= 0.3 is 6.55 Å². The van der Waals surface area contributed by atoms with Gasteiger partial charge in [-0.1, -0.05) is 12.1 Å². The summed E-state index contributed by atoms with van der Waals surface area (Å²) in [5.74, 6) is 1.79. The highest BCUT2D eigenvalue weighted by Gasteiger charge is 2.11. The predicted octanol–water partition coefficient (Wildman–Crippen LogP) is 3.31. The number of aliphatic imine (C=N–C) groups is 1. The molecule has 2 N–H and O–H groups in total. The van der Waals surface area contributed by atoms with E-state index in [1.807, 2.05) is 25.1 Å². The molecule has 0 bridgehead atoms. The molecule has 2 aromatic heterocycles. The number of alkyl halides is 2. The average molecular weight is 503 g/mol. The number of guanidine groups is 1. The number of nitrogens with one attached hydrogen (secondary N) is 2. The number of aryl methyl sites for hydroxylation is 2. The topological polar surface area (TPSA) is 72.1 Å². The molecule has 1 aromatic carbocycles. The minimum atomic E-state index is -2.60. The van der Waals surface area contributed by atoms with E-state index in [9.17, 15) is 8.78 Å². The normalized spacial score (nSPS) is 11.7. The number of benzene rings is 1. The maximum Gasteiger partial charge on any atom is 0.319 e. The van der Waals surface area contributed by atoms with Gasteiger partial charge in [0.05, 0.1) is 17.6 Å². The van der Waals surface area contributed by atoms with Crippen molar-refractivity contribution < 1.29 is 8.78 Å². The Balaban J connectivity index is 0.00000280. The summed E-state index contributed by atoms with van der Waals surface area (Å²) in [6.45, 7) is 1.08. The molecular formula is C18H24F2IN7. The number of rotatable bonds is 7. The monoisotopic (exact) mass is 503 g/mol. The van der Waals surface area contributed by atoms with Crippen molar-refractivity contribution in [3.8, 4) is 0 Å². The lowest BCUT2D eigenvalue weighted by molar-refractivity contribution is 0.0668. The Labute approximate surface area is 179 Å². The predicted molar refractivity (Wildman–Crippen MR) is 116 cm³/mol. The highest BCUT2D eigenvalue weighted by molar-refractivity contribution is 14.0. The van der Waals surface area contributed by atoms with Crippen LogP contribution < -0.4 is 10.6 Å². The SMILES string of the molecule is CN=C(NCCCn1c(C)nc2ccccc21)NCc1nccn1C(F)F.I. The van der Waals surface area contributed by atoms with Gasteiger partial charge in [0.25, 0.3) is 0 Å². The number of fused-ring (bicyclic) bond motifs is 1. The molecule has 28 heavy (non-hydrogen) atoms. The first-order chi connectivity index (χ1) is 13.1. The number of halogens is 3. The van der Waals surface area contributed by atoms with Crippen LogP contribution in [0.4, 0.5) is 8.78 Å². The fourth-order valence-corrected chi connectivity index (χ4v) is 2.96. The second-order valence-electron chi connectivity index (χ2n) is 6.03. The van der Waals surface area contributed by atoms with Gasteiger partial charge in [-0.15, -0.1) is 24.0 Å². The fraction of sp³-hybridized carbons (Fsp3) is 0.389. The van der Waals surface area contributed by atoms with Crippen LogP contribution in [0.2, 0.25) is 0 Å². The zero-order valence-corrected chi connectivity index (χ0v) is 18.1. The van der Waals surface area contributed by atoms with E-state index in [0.717, 1.165) is 34.4 Å². The summed E-state index contributed by atoms with van der Waals surface area (Å²) in [5, 5.41) is 6.20. The van der Waals surface area contributed by atoms with Crippen molar-refractivity contribution in [2.75, 3.05) is 13.6 Å². The van der Waals surface area contributed by atoms with Gasteiger partial charge in [0.15, 0.2) is 5.96 Å². The van der Waals surface area contributed by atoms with Gasteiger partial charge in [0.2, 0.25) is 0 Å². The number of imidazole rings is 2. The Bertz CT molecular complexity index is 920. The van der Waals surface area contributed by atoms with Gasteiger partial charge in [-0.2, -0.15) is 8.78 Å². The van der Waals surface area contributed by atoms with Crippen LogP contribution in [0.1, 0.15) is 24.6 Å². The summed E-state index contributed by atoms with van der Waals surface area (Å²) in [7, 11) is 1.64. The number of hydrogen-bond acceptors (Lipinski definition) is 3. The molecule has 0 aliphatic carbocycles. The molecule has 7 nitrogen and oxygen atoms in total. The molecule has 0 atom stereocenters. The third kappa shape index (κ3) is 5.18. The van der Waals surface area contributed by atoms with E-state index < -0.39 is 6.55 Å². The van der Waals surface area contributed by atoms with E-state index in [1.165, 1.54) is 12.4 Å². The number of hydrogen-bond donors (Lipinski definition) is 2. The summed E-state index contributed by atoms with van der Waals surface area (Å²) in [5.41, 5.74) is 2.12. The molecule has 0 saturated heterocycles. The molecular weight excluding hydrogens is 479 g/mol. The van der Waals surface area contributed by atoms with Crippen molar-refractivity contribution in [1.82, 2.24) is 29.7 Å². The molecule has 0 amide bonds. The van der Waals surface area contributed by atoms with Crippen LogP contribution >= 0.6 is 24.0 Å². The highest BCUT2D eigenvalue weighted by Crippen LogP contribution is 2.15. The summed E-state index contributed by atoms with van der Waals surface area (Å²) >= 11 is 0. The minimum absolute atomic E-state index is 0. The largest absolute Gasteiger partial charge is 0.356 e. The zero-order valence-electron chi connectivity index (χ0n) is 15.8. The van der Waals surface area contributed by atoms with Crippen LogP contribution in [0, 0.1) is 6.92 Å². The van der Waals surface area contributed by atoms with Gasteiger partial charge < -0.3 is 15.2 Å². The first kappa shape index (κ1) is 22.1. The van der Waals surface area contributed by atoms with Gasteiger partial charge in [-0.25, -0.2) is 9.97 Å². The second kappa shape index (κ2) is 10.3. The molecule has 0 fully saturated rings. The smallest absolute Gasteiger partial charge is 0.319 e. The Kier molecular flexibility index (Phi) is 8.15. The minimum Gasteiger partial charge on any atom is -0.356 e. The third-order valence-electron chi connectivity index (χ3n) is 4.29. The van der Waals surface area contributed by atoms with Crippen molar-refractivity contribution in [3.05, 3.63) is 48.3 Å². The standard InChI is InChI=1S/C18H23F2N7.HI/c1-13-25-14-6-3-4-7-15(14)26(13)10-5-8-23-18(21-2)24-12-16-22-9-11-27(16)17(19)20;/h3-4,6-7,9,11,17H,5,8,10,12H2,1-2H3,(H2,21,23,24);1H. The molecule has 3 aromatic rings. The van der Waals surface area contributed by atoms with E-state index in [1.54, 1.807) is 7.05 Å². The Morgan fingerprint density at radius 2 is 2.04 bits per heavy atom. The van der Waals surface area contributed by atoms with Crippen LogP contribution in [-0.4, -0.2) is 38.7 Å². The Morgan fingerprint density at radius 1 is 1.25 bits per heavy atom. The van der Waals surface area contributed by atoms with Crippen LogP contribution in [-0.2, 0) is 13.1 Å². The summed E-state index contributed by atoms with van der Waals surface area (Å²) in [4.78, 5) is 12.6. The number of aromatic nitrogens is 4. The summed E-state index contributed by atoms with van der Waals surface area (Å²) < 4.78 is 28.7. The molecule has 0 aliphatic rings. The number of nitrogens with zero attached hydrogens (tertiary/aromatic N) is 5. The lowest BCUT2D eigenvalue weighted by atomic mass is 10.3. The molecule has 0 radical (unpaired) electrons. The Hall–Kier alpha value is -2.24. The van der Waals surface area contributed by atoms with Crippen LogP contribution in [0.15, 0.2) is 41.7 Å². The van der Waals surface area contributed by atoms with E-state index in [2.05, 4.69) is 36.2 Å². The van der Waals surface area contributed by atoms with Crippen molar-refractivity contribution in [1.29, 1.82) is 0 Å². The summed E-state index contributed by atoms with van der Waals surface area (Å²) in [6.07, 6.45) is 3.49. The second-order valence-corrected chi connectivity index (χ2v) is 6.03. The van der Waals surface area contributed by atoms with Crippen LogP contribution in [0.5, 0.6) is 0 Å². The zero-order chi connectivity index (χ0) is 19.2. The molecule has 0 saturated carbocycles. The molecule has 3 rings (SSSR count). The van der Waals surface area contributed by atoms with Gasteiger partial charge in [0.1, 0.15) is 11.6 Å². The number of para-hydroxylation sites is 2. The van der Waals surface area contributed by atoms with Crippen LogP contribution in [0.3, 0.4) is 0 Å². The highest BCUT2D eigenvalue weighted by atomic mass is 127. The third-order valence-corrected chi connectivity index (χ3v) is 4.29. The quantitative estimate of drug-likeness (QED) is 0.225. The van der Waals surface area contributed by atoms with Crippen LogP contribution in [0.25, 0.3) is 11.0 Å². The molecule has 0 aliphatic heterocycles. The molecule has 0 unspecified atom stereocenters. The average Bonchev–Trinajstić information content (AvgIpc) is 3.25. The fourth-order valence-electron chi connectivity index (χ4n) is 2.96. The van der Waals surface area contributed by atoms with E-state index in [-0.39, 0.29) is 36.3 Å². The lowest BCUT2D eigenvalue weighted by Gasteiger charge is -2.13. The van der Waals surface area contributed by atoms with Gasteiger partial charge in [0, 0.05) is 32.5 Å². The first-order valence-electron chi connectivity index (χ1n) is 8.76. The van der Waals surface area contributed by atoms with Crippen molar-refractivity contribution in [3.63, 3.8) is 0 Å². The summed E-state index contributed by atoms with van der Waals surface area (Å²) in [6, 6.07) is 8.06.